The molecule has 1 heteroatoms. The van der Waals surface area contributed by atoms with Crippen molar-refractivity contribution in [2.24, 2.45) is 23.7 Å². The van der Waals surface area contributed by atoms with E-state index in [0.29, 0.717) is 0 Å². The Hall–Kier alpha value is -0.0400. The monoisotopic (exact) mass is 251 g/mol. The van der Waals surface area contributed by atoms with E-state index in [-0.39, 0.29) is 5.54 Å². The summed E-state index contributed by atoms with van der Waals surface area (Å²) in [6.45, 7) is 10.5. The van der Waals surface area contributed by atoms with Gasteiger partial charge in [0.05, 0.1) is 0 Å². The molecule has 3 atom stereocenters. The number of nitrogens with one attached hydrogen (secondary N) is 1. The second kappa shape index (κ2) is 5.94. The van der Waals surface area contributed by atoms with Crippen LogP contribution in [0.4, 0.5) is 0 Å². The number of rotatable bonds is 4. The summed E-state index contributed by atoms with van der Waals surface area (Å²) in [5.41, 5.74) is 0.284. The lowest BCUT2D eigenvalue weighted by molar-refractivity contribution is 0.0691. The van der Waals surface area contributed by atoms with Crippen LogP contribution in [0.2, 0.25) is 0 Å². The van der Waals surface area contributed by atoms with E-state index in [4.69, 9.17) is 0 Å². The normalized spacial score (nSPS) is 34.3. The number of hydrogen-bond donors (Lipinski definition) is 1. The Bertz CT molecular complexity index is 249. The molecular formula is C17H33N. The Morgan fingerprint density at radius 1 is 1.06 bits per heavy atom. The van der Waals surface area contributed by atoms with Gasteiger partial charge >= 0.3 is 0 Å². The molecule has 1 N–H and O–H groups in total. The highest BCUT2D eigenvalue weighted by molar-refractivity contribution is 4.89. The van der Waals surface area contributed by atoms with Crippen molar-refractivity contribution >= 4 is 0 Å². The second-order valence-electron chi connectivity index (χ2n) is 7.83. The van der Waals surface area contributed by atoms with Crippen LogP contribution in [-0.2, 0) is 0 Å². The fourth-order valence-electron chi connectivity index (χ4n) is 3.87. The second-order valence-corrected chi connectivity index (χ2v) is 7.83. The molecule has 2 rings (SSSR count). The van der Waals surface area contributed by atoms with Crippen molar-refractivity contribution in [1.82, 2.24) is 5.32 Å². The first kappa shape index (κ1) is 14.4. The maximum Gasteiger partial charge on any atom is 0.00966 e. The highest BCUT2D eigenvalue weighted by atomic mass is 14.9. The van der Waals surface area contributed by atoms with Gasteiger partial charge in [-0.25, -0.2) is 0 Å². The summed E-state index contributed by atoms with van der Waals surface area (Å²) < 4.78 is 0. The van der Waals surface area contributed by atoms with E-state index in [0.717, 1.165) is 23.7 Å². The van der Waals surface area contributed by atoms with Gasteiger partial charge < -0.3 is 5.32 Å². The quantitative estimate of drug-likeness (QED) is 0.769. The largest absolute Gasteiger partial charge is 0.312 e. The summed E-state index contributed by atoms with van der Waals surface area (Å²) >= 11 is 0. The highest BCUT2D eigenvalue weighted by Crippen LogP contribution is 2.46. The summed E-state index contributed by atoms with van der Waals surface area (Å²) in [5, 5.41) is 3.76. The van der Waals surface area contributed by atoms with Crippen LogP contribution in [-0.4, -0.2) is 12.1 Å². The Kier molecular flexibility index (Phi) is 4.75. The average Bonchev–Trinajstić information content (AvgIpc) is 2.23. The summed E-state index contributed by atoms with van der Waals surface area (Å²) in [4.78, 5) is 0. The molecule has 1 nitrogen and oxygen atoms in total. The van der Waals surface area contributed by atoms with E-state index >= 15 is 0 Å². The lowest BCUT2D eigenvalue weighted by Gasteiger charge is -2.45. The van der Waals surface area contributed by atoms with Gasteiger partial charge in [0.2, 0.25) is 0 Å². The summed E-state index contributed by atoms with van der Waals surface area (Å²) in [7, 11) is 0. The zero-order valence-electron chi connectivity index (χ0n) is 13.0. The zero-order valence-corrected chi connectivity index (χ0v) is 13.0. The van der Waals surface area contributed by atoms with Crippen LogP contribution in [0.5, 0.6) is 0 Å². The van der Waals surface area contributed by atoms with Gasteiger partial charge in [0.15, 0.2) is 0 Å². The molecule has 0 spiro atoms. The predicted molar refractivity (Wildman–Crippen MR) is 79.7 cm³/mol. The van der Waals surface area contributed by atoms with Gasteiger partial charge in [-0.2, -0.15) is 0 Å². The maximum atomic E-state index is 3.76. The van der Waals surface area contributed by atoms with Crippen LogP contribution in [0.15, 0.2) is 0 Å². The first-order valence-corrected chi connectivity index (χ1v) is 8.24. The van der Waals surface area contributed by atoms with E-state index < -0.39 is 0 Å². The molecule has 2 aliphatic rings. The van der Waals surface area contributed by atoms with Crippen LogP contribution in [0.3, 0.4) is 0 Å². The molecule has 2 saturated carbocycles. The molecule has 3 unspecified atom stereocenters. The van der Waals surface area contributed by atoms with Crippen LogP contribution in [0, 0.1) is 23.7 Å². The van der Waals surface area contributed by atoms with E-state index in [1.165, 1.54) is 51.5 Å². The van der Waals surface area contributed by atoms with Crippen molar-refractivity contribution in [3.63, 3.8) is 0 Å². The van der Waals surface area contributed by atoms with Gasteiger partial charge in [-0.1, -0.05) is 39.0 Å². The molecule has 2 fully saturated rings. The third-order valence-corrected chi connectivity index (χ3v) is 5.38. The van der Waals surface area contributed by atoms with Crippen LogP contribution < -0.4 is 5.32 Å². The third kappa shape index (κ3) is 3.73. The minimum absolute atomic E-state index is 0.284. The van der Waals surface area contributed by atoms with Gasteiger partial charge in [0, 0.05) is 5.54 Å². The van der Waals surface area contributed by atoms with E-state index in [9.17, 15) is 0 Å². The van der Waals surface area contributed by atoms with Gasteiger partial charge in [-0.3, -0.25) is 0 Å². The van der Waals surface area contributed by atoms with Gasteiger partial charge in [-0.05, 0) is 63.8 Å². The van der Waals surface area contributed by atoms with E-state index in [2.05, 4.69) is 33.0 Å². The van der Waals surface area contributed by atoms with Gasteiger partial charge in [-0.15, -0.1) is 0 Å². The average molecular weight is 251 g/mol. The Morgan fingerprint density at radius 3 is 2.28 bits per heavy atom. The lowest BCUT2D eigenvalue weighted by atomic mass is 9.62. The van der Waals surface area contributed by atoms with E-state index in [1.54, 1.807) is 0 Å². The molecule has 18 heavy (non-hydrogen) atoms. The summed E-state index contributed by atoms with van der Waals surface area (Å²) in [6, 6.07) is 0. The molecule has 0 saturated heterocycles. The molecule has 0 aliphatic heterocycles. The predicted octanol–water partition coefficient (Wildman–Crippen LogP) is 4.62. The van der Waals surface area contributed by atoms with Crippen molar-refractivity contribution in [2.75, 3.05) is 6.54 Å². The smallest absolute Gasteiger partial charge is 0.00966 e. The topological polar surface area (TPSA) is 12.0 Å². The summed E-state index contributed by atoms with van der Waals surface area (Å²) in [6.07, 6.45) is 10.4. The Balaban J connectivity index is 1.89. The van der Waals surface area contributed by atoms with Crippen molar-refractivity contribution < 1.29 is 0 Å². The standard InChI is InChI=1S/C17H33N/c1-5-13-9-10-15(12-18-17(2,3)4)16(11-13)14-7-6-8-14/h13-16,18H,5-12H2,1-4H3. The highest BCUT2D eigenvalue weighted by Gasteiger charge is 2.37. The minimum Gasteiger partial charge on any atom is -0.312 e. The molecule has 0 heterocycles. The first-order valence-electron chi connectivity index (χ1n) is 8.24. The number of hydrogen-bond acceptors (Lipinski definition) is 1. The van der Waals surface area contributed by atoms with Crippen LogP contribution in [0.1, 0.15) is 72.6 Å². The summed E-state index contributed by atoms with van der Waals surface area (Å²) in [5.74, 6) is 4.09. The van der Waals surface area contributed by atoms with Crippen molar-refractivity contribution in [1.29, 1.82) is 0 Å². The Morgan fingerprint density at radius 2 is 1.78 bits per heavy atom. The minimum atomic E-state index is 0.284. The SMILES string of the molecule is CCC1CCC(CNC(C)(C)C)C(C2CCC2)C1. The maximum absolute atomic E-state index is 3.76. The molecule has 0 aromatic carbocycles. The van der Waals surface area contributed by atoms with E-state index in [1.807, 2.05) is 0 Å². The molecule has 106 valence electrons. The fourth-order valence-corrected chi connectivity index (χ4v) is 3.87. The zero-order chi connectivity index (χ0) is 13.2. The van der Waals surface area contributed by atoms with Crippen molar-refractivity contribution in [2.45, 2.75) is 78.2 Å². The molecule has 0 aromatic rings. The van der Waals surface area contributed by atoms with Gasteiger partial charge in [0.1, 0.15) is 0 Å². The molecule has 2 aliphatic carbocycles. The molecule has 0 bridgehead atoms. The van der Waals surface area contributed by atoms with Crippen molar-refractivity contribution in [3.05, 3.63) is 0 Å². The molecule has 0 radical (unpaired) electrons. The molecule has 0 amide bonds. The molecule has 0 aromatic heterocycles. The van der Waals surface area contributed by atoms with Crippen LogP contribution in [0.25, 0.3) is 0 Å². The first-order chi connectivity index (χ1) is 8.49. The van der Waals surface area contributed by atoms with Crippen LogP contribution >= 0.6 is 0 Å². The third-order valence-electron chi connectivity index (χ3n) is 5.38. The van der Waals surface area contributed by atoms with Gasteiger partial charge in [0.25, 0.3) is 0 Å². The Labute approximate surface area is 114 Å². The molecular weight excluding hydrogens is 218 g/mol. The lowest BCUT2D eigenvalue weighted by Crippen LogP contribution is -2.44. The fraction of sp³-hybridized carbons (Fsp3) is 1.00. The van der Waals surface area contributed by atoms with Crippen molar-refractivity contribution in [3.8, 4) is 0 Å².